The minimum Gasteiger partial charge on any atom is -0.324 e. The van der Waals surface area contributed by atoms with Crippen LogP contribution in [0.4, 0.5) is 4.79 Å². The van der Waals surface area contributed by atoms with Crippen LogP contribution in [-0.4, -0.2) is 35.3 Å². The van der Waals surface area contributed by atoms with E-state index in [1.165, 1.54) is 6.92 Å². The first-order chi connectivity index (χ1) is 6.82. The molecular weight excluding hydrogens is 216 g/mol. The standard InChI is InChI=1S/C10H17ClN2O2/c1-7(11)8(14)12-9(15)13-5-4-10(2,3)6-13/h7H,4-6H2,1-3H3,(H,12,14,15). The van der Waals surface area contributed by atoms with E-state index in [1.54, 1.807) is 4.90 Å². The Kier molecular flexibility index (Phi) is 3.60. The summed E-state index contributed by atoms with van der Waals surface area (Å²) in [5.41, 5.74) is 0.146. The Morgan fingerprint density at radius 3 is 2.47 bits per heavy atom. The number of likely N-dealkylation sites (tertiary alicyclic amines) is 1. The van der Waals surface area contributed by atoms with Gasteiger partial charge in [0.15, 0.2) is 0 Å². The fraction of sp³-hybridized carbons (Fsp3) is 0.800. The van der Waals surface area contributed by atoms with Gasteiger partial charge in [-0.2, -0.15) is 0 Å². The summed E-state index contributed by atoms with van der Waals surface area (Å²) in [6.45, 7) is 7.13. The molecule has 1 saturated heterocycles. The number of urea groups is 1. The van der Waals surface area contributed by atoms with Crippen LogP contribution >= 0.6 is 11.6 Å². The Hall–Kier alpha value is -0.770. The zero-order valence-electron chi connectivity index (χ0n) is 9.34. The number of imide groups is 1. The Labute approximate surface area is 95.0 Å². The van der Waals surface area contributed by atoms with Gasteiger partial charge in [0.1, 0.15) is 5.38 Å². The van der Waals surface area contributed by atoms with Gasteiger partial charge in [0, 0.05) is 13.1 Å². The van der Waals surface area contributed by atoms with Gasteiger partial charge in [-0.05, 0) is 18.8 Å². The highest BCUT2D eigenvalue weighted by Crippen LogP contribution is 2.28. The quantitative estimate of drug-likeness (QED) is 0.698. The lowest BCUT2D eigenvalue weighted by atomic mass is 9.93. The molecule has 0 saturated carbocycles. The number of amides is 3. The van der Waals surface area contributed by atoms with Gasteiger partial charge in [-0.15, -0.1) is 11.6 Å². The van der Waals surface area contributed by atoms with Crippen molar-refractivity contribution in [3.63, 3.8) is 0 Å². The number of hydrogen-bond acceptors (Lipinski definition) is 2. The molecule has 4 nitrogen and oxygen atoms in total. The maximum absolute atomic E-state index is 11.6. The maximum Gasteiger partial charge on any atom is 0.324 e. The van der Waals surface area contributed by atoms with E-state index in [0.29, 0.717) is 13.1 Å². The number of alkyl halides is 1. The second-order valence-electron chi connectivity index (χ2n) is 4.75. The Balaban J connectivity index is 2.46. The average molecular weight is 233 g/mol. The summed E-state index contributed by atoms with van der Waals surface area (Å²) in [5.74, 6) is -0.439. The molecule has 1 heterocycles. The molecule has 1 fully saturated rings. The molecule has 0 aromatic heterocycles. The lowest BCUT2D eigenvalue weighted by molar-refractivity contribution is -0.119. The first kappa shape index (κ1) is 12.3. The summed E-state index contributed by atoms with van der Waals surface area (Å²) in [5, 5.41) is 1.60. The highest BCUT2D eigenvalue weighted by molar-refractivity contribution is 6.31. The number of hydrogen-bond donors (Lipinski definition) is 1. The monoisotopic (exact) mass is 232 g/mol. The molecule has 1 aliphatic heterocycles. The van der Waals surface area contributed by atoms with Gasteiger partial charge in [-0.1, -0.05) is 13.8 Å². The molecule has 1 rings (SSSR count). The second-order valence-corrected chi connectivity index (χ2v) is 5.40. The molecule has 0 aliphatic carbocycles. The topological polar surface area (TPSA) is 49.4 Å². The summed E-state index contributed by atoms with van der Waals surface area (Å²) in [7, 11) is 0. The maximum atomic E-state index is 11.6. The molecule has 0 aromatic carbocycles. The van der Waals surface area contributed by atoms with Crippen molar-refractivity contribution in [2.24, 2.45) is 5.41 Å². The van der Waals surface area contributed by atoms with Gasteiger partial charge in [0.25, 0.3) is 0 Å². The van der Waals surface area contributed by atoms with E-state index < -0.39 is 11.3 Å². The van der Waals surface area contributed by atoms with Crippen LogP contribution in [0.15, 0.2) is 0 Å². The third kappa shape index (κ3) is 3.38. The molecule has 5 heteroatoms. The molecule has 0 bridgehead atoms. The fourth-order valence-electron chi connectivity index (χ4n) is 1.57. The molecule has 1 atom stereocenters. The zero-order valence-corrected chi connectivity index (χ0v) is 10.1. The second kappa shape index (κ2) is 4.39. The third-order valence-electron chi connectivity index (χ3n) is 2.56. The predicted octanol–water partition coefficient (Wildman–Crippen LogP) is 1.58. The molecular formula is C10H17ClN2O2. The van der Waals surface area contributed by atoms with Crippen LogP contribution in [-0.2, 0) is 4.79 Å². The lowest BCUT2D eigenvalue weighted by Gasteiger charge is -2.20. The van der Waals surface area contributed by atoms with Gasteiger partial charge >= 0.3 is 6.03 Å². The molecule has 15 heavy (non-hydrogen) atoms. The van der Waals surface area contributed by atoms with Crippen LogP contribution in [0.2, 0.25) is 0 Å². The minimum absolute atomic E-state index is 0.146. The lowest BCUT2D eigenvalue weighted by Crippen LogP contribution is -2.44. The zero-order chi connectivity index (χ0) is 11.6. The van der Waals surface area contributed by atoms with E-state index in [4.69, 9.17) is 11.6 Å². The molecule has 0 radical (unpaired) electrons. The van der Waals surface area contributed by atoms with Crippen molar-refractivity contribution in [1.29, 1.82) is 0 Å². The minimum atomic E-state index is -0.676. The van der Waals surface area contributed by atoms with Gasteiger partial charge in [0.2, 0.25) is 5.91 Å². The normalized spacial score (nSPS) is 21.2. The fourth-order valence-corrected chi connectivity index (χ4v) is 1.62. The van der Waals surface area contributed by atoms with Gasteiger partial charge in [0.05, 0.1) is 0 Å². The summed E-state index contributed by atoms with van der Waals surface area (Å²) in [6, 6.07) is -0.335. The van der Waals surface area contributed by atoms with E-state index >= 15 is 0 Å². The van der Waals surface area contributed by atoms with Crippen molar-refractivity contribution in [3.05, 3.63) is 0 Å². The Bertz CT molecular complexity index is 277. The van der Waals surface area contributed by atoms with E-state index in [0.717, 1.165) is 6.42 Å². The Morgan fingerprint density at radius 2 is 2.07 bits per heavy atom. The summed E-state index contributed by atoms with van der Waals surface area (Å²) in [4.78, 5) is 24.4. The number of rotatable bonds is 1. The van der Waals surface area contributed by atoms with Gasteiger partial charge in [-0.25, -0.2) is 4.79 Å². The Morgan fingerprint density at radius 1 is 1.47 bits per heavy atom. The highest BCUT2D eigenvalue weighted by atomic mass is 35.5. The van der Waals surface area contributed by atoms with Gasteiger partial charge < -0.3 is 4.90 Å². The van der Waals surface area contributed by atoms with Crippen LogP contribution in [0, 0.1) is 5.41 Å². The largest absolute Gasteiger partial charge is 0.324 e. The first-order valence-corrected chi connectivity index (χ1v) is 5.49. The van der Waals surface area contributed by atoms with E-state index in [9.17, 15) is 9.59 Å². The predicted molar refractivity (Wildman–Crippen MR) is 58.8 cm³/mol. The van der Waals surface area contributed by atoms with Crippen molar-refractivity contribution in [2.45, 2.75) is 32.6 Å². The number of nitrogens with one attached hydrogen (secondary N) is 1. The van der Waals surface area contributed by atoms with Crippen molar-refractivity contribution < 1.29 is 9.59 Å². The van der Waals surface area contributed by atoms with E-state index in [2.05, 4.69) is 19.2 Å². The molecule has 0 aromatic rings. The molecule has 1 N–H and O–H groups in total. The van der Waals surface area contributed by atoms with Crippen molar-refractivity contribution in [2.75, 3.05) is 13.1 Å². The van der Waals surface area contributed by atoms with Crippen LogP contribution in [0.5, 0.6) is 0 Å². The van der Waals surface area contributed by atoms with Crippen LogP contribution < -0.4 is 5.32 Å². The van der Waals surface area contributed by atoms with Crippen molar-refractivity contribution in [1.82, 2.24) is 10.2 Å². The van der Waals surface area contributed by atoms with Crippen LogP contribution in [0.1, 0.15) is 27.2 Å². The van der Waals surface area contributed by atoms with E-state index in [-0.39, 0.29) is 11.4 Å². The summed E-state index contributed by atoms with van der Waals surface area (Å²) >= 11 is 5.55. The summed E-state index contributed by atoms with van der Waals surface area (Å²) in [6.07, 6.45) is 0.963. The molecule has 0 spiro atoms. The molecule has 1 unspecified atom stereocenters. The molecule has 3 amide bonds. The van der Waals surface area contributed by atoms with Crippen LogP contribution in [0.3, 0.4) is 0 Å². The van der Waals surface area contributed by atoms with Crippen LogP contribution in [0.25, 0.3) is 0 Å². The number of carbonyl (C=O) groups excluding carboxylic acids is 2. The average Bonchev–Trinajstić information content (AvgIpc) is 2.45. The summed E-state index contributed by atoms with van der Waals surface area (Å²) < 4.78 is 0. The highest BCUT2D eigenvalue weighted by Gasteiger charge is 2.32. The number of carbonyl (C=O) groups is 2. The van der Waals surface area contributed by atoms with Crippen molar-refractivity contribution >= 4 is 23.5 Å². The number of nitrogens with zero attached hydrogens (tertiary/aromatic N) is 1. The smallest absolute Gasteiger partial charge is 0.324 e. The first-order valence-electron chi connectivity index (χ1n) is 5.06. The SMILES string of the molecule is CC(Cl)C(=O)NC(=O)N1CCC(C)(C)C1. The van der Waals surface area contributed by atoms with Gasteiger partial charge in [-0.3, -0.25) is 10.1 Å². The third-order valence-corrected chi connectivity index (χ3v) is 2.75. The molecule has 1 aliphatic rings. The molecule has 86 valence electrons. The van der Waals surface area contributed by atoms with E-state index in [1.807, 2.05) is 0 Å². The number of halogens is 1. The van der Waals surface area contributed by atoms with Crippen molar-refractivity contribution in [3.8, 4) is 0 Å².